The standard InChI is InChI=1S/C25H21ClN4O3S/c1-16(31)17-5-4-7-20(13-17)28-23(32)14-22-24(33)30(15-21-6-2-3-12-27-21)25(34-22)29-19-10-8-18(26)9-11-19/h2-13,22H,14-15H2,1H3,(H,28,32)/t22-/m0/s1. The molecule has 2 amide bonds. The third-order valence-electron chi connectivity index (χ3n) is 5.04. The average molecular weight is 493 g/mol. The number of nitrogens with one attached hydrogen (secondary N) is 1. The fourth-order valence-corrected chi connectivity index (χ4v) is 4.63. The van der Waals surface area contributed by atoms with Crippen LogP contribution in [0.15, 0.2) is 77.9 Å². The van der Waals surface area contributed by atoms with E-state index in [0.717, 1.165) is 0 Å². The minimum absolute atomic E-state index is 0.0356. The summed E-state index contributed by atoms with van der Waals surface area (Å²) >= 11 is 7.21. The van der Waals surface area contributed by atoms with Gasteiger partial charge in [-0.1, -0.05) is 41.6 Å². The summed E-state index contributed by atoms with van der Waals surface area (Å²) in [7, 11) is 0. The lowest BCUT2D eigenvalue weighted by molar-refractivity contribution is -0.128. The number of rotatable bonds is 7. The number of ketones is 1. The second kappa shape index (κ2) is 10.6. The van der Waals surface area contributed by atoms with Gasteiger partial charge in [0.1, 0.15) is 5.25 Å². The number of hydrogen-bond acceptors (Lipinski definition) is 6. The maximum absolute atomic E-state index is 13.2. The van der Waals surface area contributed by atoms with Crippen LogP contribution in [0.3, 0.4) is 0 Å². The molecule has 7 nitrogen and oxygen atoms in total. The Morgan fingerprint density at radius 2 is 1.91 bits per heavy atom. The van der Waals surface area contributed by atoms with E-state index in [1.807, 2.05) is 12.1 Å². The largest absolute Gasteiger partial charge is 0.326 e. The van der Waals surface area contributed by atoms with Crippen LogP contribution in [0.25, 0.3) is 0 Å². The smallest absolute Gasteiger partial charge is 0.243 e. The van der Waals surface area contributed by atoms with Gasteiger partial charge < -0.3 is 5.32 Å². The first-order chi connectivity index (χ1) is 16.4. The molecule has 0 radical (unpaired) electrons. The number of hydrogen-bond donors (Lipinski definition) is 1. The van der Waals surface area contributed by atoms with Gasteiger partial charge in [-0.3, -0.25) is 24.3 Å². The topological polar surface area (TPSA) is 91.7 Å². The van der Waals surface area contributed by atoms with Gasteiger partial charge in [-0.25, -0.2) is 4.99 Å². The number of aromatic nitrogens is 1. The molecule has 2 heterocycles. The maximum Gasteiger partial charge on any atom is 0.243 e. The summed E-state index contributed by atoms with van der Waals surface area (Å²) in [4.78, 5) is 48.1. The molecule has 1 aromatic heterocycles. The molecular weight excluding hydrogens is 472 g/mol. The predicted octanol–water partition coefficient (Wildman–Crippen LogP) is 5.10. The van der Waals surface area contributed by atoms with Crippen molar-refractivity contribution >= 4 is 57.5 Å². The zero-order valence-electron chi connectivity index (χ0n) is 18.3. The third kappa shape index (κ3) is 5.89. The predicted molar refractivity (Wildman–Crippen MR) is 134 cm³/mol. The summed E-state index contributed by atoms with van der Waals surface area (Å²) in [6, 6.07) is 19.2. The lowest BCUT2D eigenvalue weighted by Crippen LogP contribution is -2.33. The van der Waals surface area contributed by atoms with Crippen LogP contribution >= 0.6 is 23.4 Å². The molecule has 3 aromatic rings. The summed E-state index contributed by atoms with van der Waals surface area (Å²) in [5.74, 6) is -0.626. The number of benzene rings is 2. The van der Waals surface area contributed by atoms with Crippen LogP contribution in [-0.4, -0.2) is 37.9 Å². The molecule has 172 valence electrons. The Morgan fingerprint density at radius 3 is 2.62 bits per heavy atom. The molecule has 2 aromatic carbocycles. The van der Waals surface area contributed by atoms with E-state index >= 15 is 0 Å². The van der Waals surface area contributed by atoms with E-state index in [0.29, 0.717) is 32.8 Å². The van der Waals surface area contributed by atoms with Gasteiger partial charge in [-0.15, -0.1) is 0 Å². The Bertz CT molecular complexity index is 1250. The Morgan fingerprint density at radius 1 is 1.12 bits per heavy atom. The number of amidine groups is 1. The number of carbonyl (C=O) groups is 3. The highest BCUT2D eigenvalue weighted by atomic mass is 35.5. The van der Waals surface area contributed by atoms with E-state index in [9.17, 15) is 14.4 Å². The van der Waals surface area contributed by atoms with E-state index in [1.54, 1.807) is 65.7 Å². The fraction of sp³-hybridized carbons (Fsp3) is 0.160. The number of aliphatic imine (C=N–C) groups is 1. The van der Waals surface area contributed by atoms with Crippen molar-refractivity contribution in [3.63, 3.8) is 0 Å². The van der Waals surface area contributed by atoms with E-state index in [2.05, 4.69) is 15.3 Å². The van der Waals surface area contributed by atoms with E-state index in [-0.39, 0.29) is 30.6 Å². The minimum atomic E-state index is -0.634. The quantitative estimate of drug-likeness (QED) is 0.463. The van der Waals surface area contributed by atoms with E-state index in [4.69, 9.17) is 11.6 Å². The van der Waals surface area contributed by atoms with Crippen molar-refractivity contribution in [2.24, 2.45) is 4.99 Å². The molecule has 0 unspecified atom stereocenters. The average Bonchev–Trinajstić information content (AvgIpc) is 3.10. The zero-order valence-corrected chi connectivity index (χ0v) is 19.8. The van der Waals surface area contributed by atoms with Crippen LogP contribution in [-0.2, 0) is 16.1 Å². The van der Waals surface area contributed by atoms with Gasteiger partial charge >= 0.3 is 0 Å². The highest BCUT2D eigenvalue weighted by Gasteiger charge is 2.39. The molecule has 0 bridgehead atoms. The number of carbonyl (C=O) groups excluding carboxylic acids is 3. The first-order valence-electron chi connectivity index (χ1n) is 10.5. The van der Waals surface area contributed by atoms with Crippen molar-refractivity contribution in [1.29, 1.82) is 0 Å². The SMILES string of the molecule is CC(=O)c1cccc(NC(=O)C[C@@H]2SC(=Nc3ccc(Cl)cc3)N(Cc3ccccn3)C2=O)c1. The number of Topliss-reactive ketones (excluding diaryl/α,β-unsaturated/α-hetero) is 1. The molecular formula is C25H21ClN4O3S. The monoisotopic (exact) mass is 492 g/mol. The molecule has 0 aliphatic carbocycles. The Balaban J connectivity index is 1.52. The Hall–Kier alpha value is -3.49. The van der Waals surface area contributed by atoms with Crippen LogP contribution in [0.5, 0.6) is 0 Å². The van der Waals surface area contributed by atoms with Crippen molar-refractivity contribution < 1.29 is 14.4 Å². The van der Waals surface area contributed by atoms with Crippen LogP contribution in [0.1, 0.15) is 29.4 Å². The molecule has 0 spiro atoms. The molecule has 4 rings (SSSR count). The molecule has 1 fully saturated rings. The first kappa shape index (κ1) is 23.7. The summed E-state index contributed by atoms with van der Waals surface area (Å²) in [5.41, 5.74) is 2.37. The van der Waals surface area contributed by atoms with Gasteiger partial charge in [0.15, 0.2) is 11.0 Å². The van der Waals surface area contributed by atoms with Gasteiger partial charge in [0.05, 0.1) is 17.9 Å². The highest BCUT2D eigenvalue weighted by Crippen LogP contribution is 2.33. The second-order valence-electron chi connectivity index (χ2n) is 7.61. The molecule has 1 atom stereocenters. The molecule has 1 N–H and O–H groups in total. The number of pyridine rings is 1. The molecule has 1 aliphatic heterocycles. The number of anilines is 1. The summed E-state index contributed by atoms with van der Waals surface area (Å²) in [6.45, 7) is 1.71. The molecule has 34 heavy (non-hydrogen) atoms. The zero-order chi connectivity index (χ0) is 24.1. The third-order valence-corrected chi connectivity index (χ3v) is 6.47. The van der Waals surface area contributed by atoms with Crippen LogP contribution in [0, 0.1) is 0 Å². The summed E-state index contributed by atoms with van der Waals surface area (Å²) in [5, 5.41) is 3.23. The maximum atomic E-state index is 13.2. The molecule has 1 aliphatic rings. The van der Waals surface area contributed by atoms with Crippen molar-refractivity contribution in [3.05, 3.63) is 89.2 Å². The normalized spacial score (nSPS) is 16.6. The fourth-order valence-electron chi connectivity index (χ4n) is 3.35. The Labute approximate surface area is 206 Å². The highest BCUT2D eigenvalue weighted by molar-refractivity contribution is 8.15. The Kier molecular flexibility index (Phi) is 7.40. The van der Waals surface area contributed by atoms with Gasteiger partial charge in [0, 0.05) is 28.9 Å². The van der Waals surface area contributed by atoms with Crippen molar-refractivity contribution in [1.82, 2.24) is 9.88 Å². The minimum Gasteiger partial charge on any atom is -0.326 e. The van der Waals surface area contributed by atoms with Gasteiger partial charge in [-0.2, -0.15) is 0 Å². The van der Waals surface area contributed by atoms with Crippen molar-refractivity contribution in [3.8, 4) is 0 Å². The van der Waals surface area contributed by atoms with Gasteiger partial charge in [0.25, 0.3) is 0 Å². The van der Waals surface area contributed by atoms with Crippen LogP contribution < -0.4 is 5.32 Å². The van der Waals surface area contributed by atoms with Crippen LogP contribution in [0.2, 0.25) is 5.02 Å². The van der Waals surface area contributed by atoms with Crippen LogP contribution in [0.4, 0.5) is 11.4 Å². The molecule has 1 saturated heterocycles. The lowest BCUT2D eigenvalue weighted by atomic mass is 10.1. The number of nitrogens with zero attached hydrogens (tertiary/aromatic N) is 3. The van der Waals surface area contributed by atoms with Gasteiger partial charge in [0.2, 0.25) is 11.8 Å². The second-order valence-corrected chi connectivity index (χ2v) is 9.22. The number of thioether (sulfide) groups is 1. The van der Waals surface area contributed by atoms with Crippen molar-refractivity contribution in [2.45, 2.75) is 25.1 Å². The number of halogens is 1. The molecule has 0 saturated carbocycles. The number of amides is 2. The van der Waals surface area contributed by atoms with Gasteiger partial charge in [-0.05, 0) is 55.5 Å². The molecule has 9 heteroatoms. The summed E-state index contributed by atoms with van der Waals surface area (Å²) < 4.78 is 0. The van der Waals surface area contributed by atoms with E-state index < -0.39 is 5.25 Å². The van der Waals surface area contributed by atoms with Crippen molar-refractivity contribution in [2.75, 3.05) is 5.32 Å². The summed E-state index contributed by atoms with van der Waals surface area (Å²) in [6.07, 6.45) is 1.63. The lowest BCUT2D eigenvalue weighted by Gasteiger charge is -2.16. The first-order valence-corrected chi connectivity index (χ1v) is 11.8. The van der Waals surface area contributed by atoms with E-state index in [1.165, 1.54) is 18.7 Å².